The number of nitriles is 2. The Labute approximate surface area is 84.5 Å². The molecule has 5 heteroatoms. The molecule has 1 rings (SSSR count). The van der Waals surface area contributed by atoms with Gasteiger partial charge in [-0.05, 0) is 13.0 Å². The van der Waals surface area contributed by atoms with E-state index < -0.39 is 0 Å². The molecule has 0 radical (unpaired) electrons. The Morgan fingerprint density at radius 1 is 1.54 bits per heavy atom. The molecular formula is C8H4ClN3S. The minimum Gasteiger partial charge on any atom is -0.229 e. The molecule has 0 unspecified atom stereocenters. The van der Waals surface area contributed by atoms with Crippen LogP contribution in [-0.2, 0) is 0 Å². The van der Waals surface area contributed by atoms with Gasteiger partial charge in [0.15, 0.2) is 0 Å². The molecule has 13 heavy (non-hydrogen) atoms. The molecule has 1 aromatic rings. The first-order valence-electron chi connectivity index (χ1n) is 3.32. The Kier molecular flexibility index (Phi) is 3.02. The third-order valence-corrected chi connectivity index (χ3v) is 2.55. The van der Waals surface area contributed by atoms with Gasteiger partial charge in [0.1, 0.15) is 22.9 Å². The van der Waals surface area contributed by atoms with E-state index in [-0.39, 0.29) is 5.57 Å². The van der Waals surface area contributed by atoms with Gasteiger partial charge in [-0.15, -0.1) is 11.3 Å². The van der Waals surface area contributed by atoms with Crippen LogP contribution in [0.15, 0.2) is 5.57 Å². The lowest BCUT2D eigenvalue weighted by Gasteiger charge is -1.83. The first-order chi connectivity index (χ1) is 6.17. The maximum Gasteiger partial charge on any atom is 0.147 e. The van der Waals surface area contributed by atoms with Crippen molar-refractivity contribution in [2.45, 2.75) is 6.92 Å². The molecule has 3 nitrogen and oxygen atoms in total. The van der Waals surface area contributed by atoms with Crippen LogP contribution in [-0.4, -0.2) is 4.98 Å². The molecule has 0 saturated carbocycles. The van der Waals surface area contributed by atoms with Gasteiger partial charge in [0.2, 0.25) is 0 Å². The molecule has 1 heterocycles. The van der Waals surface area contributed by atoms with Gasteiger partial charge in [-0.3, -0.25) is 0 Å². The quantitative estimate of drug-likeness (QED) is 0.668. The van der Waals surface area contributed by atoms with E-state index in [0.717, 1.165) is 5.01 Å². The van der Waals surface area contributed by atoms with E-state index in [1.807, 2.05) is 6.92 Å². The second-order valence-electron chi connectivity index (χ2n) is 2.17. The maximum atomic E-state index is 8.49. The zero-order valence-electron chi connectivity index (χ0n) is 6.71. The molecular weight excluding hydrogens is 206 g/mol. The standard InChI is InChI=1S/C8H4ClN3S/c1-5-12-8(9)7(13-5)2-6(3-10)4-11/h2H,1H3. The van der Waals surface area contributed by atoms with Crippen molar-refractivity contribution in [3.63, 3.8) is 0 Å². The fourth-order valence-electron chi connectivity index (χ4n) is 0.727. The average Bonchev–Trinajstić information content (AvgIpc) is 2.41. The maximum absolute atomic E-state index is 8.49. The first kappa shape index (κ1) is 9.73. The third kappa shape index (κ3) is 2.29. The summed E-state index contributed by atoms with van der Waals surface area (Å²) in [5.41, 5.74) is 0.0329. The fraction of sp³-hybridized carbons (Fsp3) is 0.125. The number of hydrogen-bond acceptors (Lipinski definition) is 4. The van der Waals surface area contributed by atoms with Crippen molar-refractivity contribution in [1.82, 2.24) is 4.98 Å². The summed E-state index contributed by atoms with van der Waals surface area (Å²) >= 11 is 7.09. The molecule has 0 aromatic carbocycles. The highest BCUT2D eigenvalue weighted by molar-refractivity contribution is 7.13. The van der Waals surface area contributed by atoms with Crippen molar-refractivity contribution in [2.75, 3.05) is 0 Å². The summed E-state index contributed by atoms with van der Waals surface area (Å²) in [5, 5.41) is 18.1. The third-order valence-electron chi connectivity index (χ3n) is 1.23. The van der Waals surface area contributed by atoms with Crippen molar-refractivity contribution in [3.05, 3.63) is 20.6 Å². The highest BCUT2D eigenvalue weighted by Gasteiger charge is 2.04. The number of rotatable bonds is 1. The Bertz CT molecular complexity index is 417. The predicted octanol–water partition coefficient (Wildman–Crippen LogP) is 2.54. The van der Waals surface area contributed by atoms with Crippen LogP contribution in [0, 0.1) is 29.6 Å². The summed E-state index contributed by atoms with van der Waals surface area (Å²) in [6.07, 6.45) is 1.44. The minimum atomic E-state index is 0.0329. The molecule has 0 fully saturated rings. The molecule has 0 saturated heterocycles. The number of aryl methyl sites for hydroxylation is 1. The molecule has 0 spiro atoms. The van der Waals surface area contributed by atoms with Gasteiger partial charge >= 0.3 is 0 Å². The largest absolute Gasteiger partial charge is 0.229 e. The van der Waals surface area contributed by atoms with Crippen LogP contribution in [0.25, 0.3) is 6.08 Å². The van der Waals surface area contributed by atoms with Crippen molar-refractivity contribution in [2.24, 2.45) is 0 Å². The van der Waals surface area contributed by atoms with Crippen LogP contribution >= 0.6 is 22.9 Å². The Hall–Kier alpha value is -1.36. The molecule has 0 aliphatic heterocycles. The second kappa shape index (κ2) is 4.04. The predicted molar refractivity (Wildman–Crippen MR) is 51.1 cm³/mol. The van der Waals surface area contributed by atoms with E-state index in [1.54, 1.807) is 12.1 Å². The van der Waals surface area contributed by atoms with Gasteiger partial charge in [0, 0.05) is 0 Å². The van der Waals surface area contributed by atoms with Gasteiger partial charge in [0.05, 0.1) is 9.88 Å². The number of halogens is 1. The Morgan fingerprint density at radius 3 is 2.54 bits per heavy atom. The summed E-state index contributed by atoms with van der Waals surface area (Å²) in [5.74, 6) is 0. The summed E-state index contributed by atoms with van der Waals surface area (Å²) in [4.78, 5) is 4.60. The van der Waals surface area contributed by atoms with E-state index in [9.17, 15) is 0 Å². The normalized spacial score (nSPS) is 8.62. The minimum absolute atomic E-state index is 0.0329. The molecule has 0 atom stereocenters. The van der Waals surface area contributed by atoms with Gasteiger partial charge in [-0.2, -0.15) is 10.5 Å². The molecule has 0 bridgehead atoms. The van der Waals surface area contributed by atoms with Crippen LogP contribution in [0.5, 0.6) is 0 Å². The van der Waals surface area contributed by atoms with Gasteiger partial charge in [-0.25, -0.2) is 4.98 Å². The van der Waals surface area contributed by atoms with E-state index >= 15 is 0 Å². The fourth-order valence-corrected chi connectivity index (χ4v) is 1.84. The smallest absolute Gasteiger partial charge is 0.147 e. The molecule has 1 aromatic heterocycles. The lowest BCUT2D eigenvalue weighted by Crippen LogP contribution is -1.71. The van der Waals surface area contributed by atoms with E-state index in [1.165, 1.54) is 17.4 Å². The van der Waals surface area contributed by atoms with Crippen LogP contribution in [0.4, 0.5) is 0 Å². The molecule has 0 aliphatic rings. The van der Waals surface area contributed by atoms with Crippen LogP contribution in [0.1, 0.15) is 9.88 Å². The highest BCUT2D eigenvalue weighted by Crippen LogP contribution is 2.24. The molecule has 0 aliphatic carbocycles. The van der Waals surface area contributed by atoms with E-state index in [4.69, 9.17) is 22.1 Å². The Morgan fingerprint density at radius 2 is 2.15 bits per heavy atom. The summed E-state index contributed by atoms with van der Waals surface area (Å²) in [6.45, 7) is 1.81. The zero-order valence-corrected chi connectivity index (χ0v) is 8.28. The van der Waals surface area contributed by atoms with Crippen molar-refractivity contribution < 1.29 is 0 Å². The summed E-state index contributed by atoms with van der Waals surface area (Å²) < 4.78 is 0. The van der Waals surface area contributed by atoms with Crippen LogP contribution in [0.3, 0.4) is 0 Å². The molecule has 0 amide bonds. The van der Waals surface area contributed by atoms with Gasteiger partial charge < -0.3 is 0 Å². The van der Waals surface area contributed by atoms with E-state index in [0.29, 0.717) is 10.0 Å². The average molecular weight is 210 g/mol. The van der Waals surface area contributed by atoms with Crippen molar-refractivity contribution in [1.29, 1.82) is 10.5 Å². The SMILES string of the molecule is Cc1nc(Cl)c(C=C(C#N)C#N)s1. The van der Waals surface area contributed by atoms with Crippen LogP contribution < -0.4 is 0 Å². The lowest BCUT2D eigenvalue weighted by molar-refractivity contribution is 1.30. The highest BCUT2D eigenvalue weighted by atomic mass is 35.5. The number of thiazole rings is 1. The van der Waals surface area contributed by atoms with Gasteiger partial charge in [0.25, 0.3) is 0 Å². The number of allylic oxidation sites excluding steroid dienone is 1. The van der Waals surface area contributed by atoms with Crippen molar-refractivity contribution in [3.8, 4) is 12.1 Å². The lowest BCUT2D eigenvalue weighted by atomic mass is 10.3. The number of nitrogens with zero attached hydrogens (tertiary/aromatic N) is 3. The van der Waals surface area contributed by atoms with Gasteiger partial charge in [-0.1, -0.05) is 11.6 Å². The first-order valence-corrected chi connectivity index (χ1v) is 4.51. The van der Waals surface area contributed by atoms with E-state index in [2.05, 4.69) is 4.98 Å². The summed E-state index contributed by atoms with van der Waals surface area (Å²) in [6, 6.07) is 3.51. The number of aromatic nitrogens is 1. The Balaban J connectivity index is 3.13. The molecule has 64 valence electrons. The molecule has 0 N–H and O–H groups in total. The van der Waals surface area contributed by atoms with Crippen molar-refractivity contribution >= 4 is 29.0 Å². The zero-order chi connectivity index (χ0) is 9.84. The monoisotopic (exact) mass is 209 g/mol. The van der Waals surface area contributed by atoms with Crippen LogP contribution in [0.2, 0.25) is 5.15 Å². The number of hydrogen-bond donors (Lipinski definition) is 0. The topological polar surface area (TPSA) is 60.5 Å². The summed E-state index contributed by atoms with van der Waals surface area (Å²) in [7, 11) is 0. The second-order valence-corrected chi connectivity index (χ2v) is 3.76.